The Hall–Kier alpha value is -4.03. The molecule has 4 aromatic rings. The Morgan fingerprint density at radius 3 is 2.42 bits per heavy atom. The minimum Gasteiger partial charge on any atom is -0.288 e. The third-order valence-corrected chi connectivity index (χ3v) is 7.18. The van der Waals surface area contributed by atoms with Crippen LogP contribution in [0.5, 0.6) is 0 Å². The number of aromatic nitrogens is 2. The van der Waals surface area contributed by atoms with Crippen LogP contribution in [0.2, 0.25) is 0 Å². The van der Waals surface area contributed by atoms with Crippen LogP contribution < -0.4 is 9.79 Å². The number of fused-ring (bicyclic) bond motifs is 1. The number of sulfonamides is 1. The van der Waals surface area contributed by atoms with Gasteiger partial charge in [-0.15, -0.1) is 0 Å². The van der Waals surface area contributed by atoms with Gasteiger partial charge in [0.2, 0.25) is 0 Å². The van der Waals surface area contributed by atoms with Gasteiger partial charge in [0.15, 0.2) is 0 Å². The molecular formula is C24H19F3N4O4S. The van der Waals surface area contributed by atoms with Gasteiger partial charge in [0.1, 0.15) is 0 Å². The number of anilines is 1. The van der Waals surface area contributed by atoms with Crippen LogP contribution in [0.4, 0.5) is 18.9 Å². The third kappa shape index (κ3) is 4.86. The largest absolute Gasteiger partial charge is 0.416 e. The van der Waals surface area contributed by atoms with E-state index in [0.717, 1.165) is 34.3 Å². The molecule has 0 unspecified atom stereocenters. The van der Waals surface area contributed by atoms with E-state index in [9.17, 15) is 31.6 Å². The van der Waals surface area contributed by atoms with E-state index in [-0.39, 0.29) is 33.6 Å². The number of pyridine rings is 2. The standard InChI is InChI=1S/C24H19F3N4O4S/c1-15-4-7-18(8-5-15)36(34,35)31(14-16-3-2-10-28-12-16)22-19-9-6-17(24(25,26)27)11-21(19)29-13-20(22)23(32)30-33/h2-13,33H,14H2,1H3,(H,30,32). The number of nitrogens with one attached hydrogen (secondary N) is 1. The monoisotopic (exact) mass is 516 g/mol. The molecule has 0 saturated heterocycles. The Balaban J connectivity index is 2.04. The van der Waals surface area contributed by atoms with E-state index >= 15 is 0 Å². The zero-order chi connectivity index (χ0) is 26.1. The smallest absolute Gasteiger partial charge is 0.288 e. The minimum absolute atomic E-state index is 0.0383. The van der Waals surface area contributed by atoms with E-state index in [0.29, 0.717) is 5.56 Å². The molecule has 0 bridgehead atoms. The second kappa shape index (κ2) is 9.55. The van der Waals surface area contributed by atoms with Gasteiger partial charge in [-0.1, -0.05) is 29.8 Å². The topological polar surface area (TPSA) is 112 Å². The van der Waals surface area contributed by atoms with Crippen molar-refractivity contribution in [3.8, 4) is 0 Å². The van der Waals surface area contributed by atoms with Crippen molar-refractivity contribution in [1.29, 1.82) is 0 Å². The van der Waals surface area contributed by atoms with E-state index in [1.165, 1.54) is 30.0 Å². The van der Waals surface area contributed by atoms with Crippen LogP contribution in [0.15, 0.2) is 78.1 Å². The number of rotatable bonds is 6. The Labute approximate surface area is 204 Å². The number of hydroxylamine groups is 1. The highest BCUT2D eigenvalue weighted by Gasteiger charge is 2.34. The van der Waals surface area contributed by atoms with Gasteiger partial charge in [-0.2, -0.15) is 13.2 Å². The van der Waals surface area contributed by atoms with Crippen LogP contribution in [0.1, 0.15) is 27.0 Å². The van der Waals surface area contributed by atoms with E-state index in [4.69, 9.17) is 0 Å². The Morgan fingerprint density at radius 1 is 1.08 bits per heavy atom. The number of halogens is 3. The fourth-order valence-corrected chi connectivity index (χ4v) is 5.12. The summed E-state index contributed by atoms with van der Waals surface area (Å²) >= 11 is 0. The summed E-state index contributed by atoms with van der Waals surface area (Å²) in [7, 11) is -4.37. The Bertz CT molecular complexity index is 1530. The molecule has 2 heterocycles. The Kier molecular flexibility index (Phi) is 6.65. The summed E-state index contributed by atoms with van der Waals surface area (Å²) in [5.41, 5.74) is 0.914. The SMILES string of the molecule is Cc1ccc(S(=O)(=O)N(Cc2cccnc2)c2c(C(=O)NO)cnc3cc(C(F)(F)F)ccc23)cc1. The lowest BCUT2D eigenvalue weighted by atomic mass is 10.1. The molecule has 186 valence electrons. The van der Waals surface area contributed by atoms with E-state index < -0.39 is 27.7 Å². The van der Waals surface area contributed by atoms with Crippen LogP contribution in [-0.2, 0) is 22.7 Å². The number of alkyl halides is 3. The van der Waals surface area contributed by atoms with Crippen LogP contribution >= 0.6 is 0 Å². The molecule has 8 nitrogen and oxygen atoms in total. The van der Waals surface area contributed by atoms with Crippen molar-refractivity contribution in [2.75, 3.05) is 4.31 Å². The fourth-order valence-electron chi connectivity index (χ4n) is 3.63. The quantitative estimate of drug-likeness (QED) is 0.289. The van der Waals surface area contributed by atoms with Gasteiger partial charge < -0.3 is 0 Å². The molecule has 0 aliphatic rings. The van der Waals surface area contributed by atoms with E-state index in [1.807, 2.05) is 0 Å². The van der Waals surface area contributed by atoms with Crippen molar-refractivity contribution in [2.24, 2.45) is 0 Å². The summed E-state index contributed by atoms with van der Waals surface area (Å²) in [5, 5.41) is 9.27. The predicted molar refractivity (Wildman–Crippen MR) is 125 cm³/mol. The molecule has 12 heteroatoms. The average Bonchev–Trinajstić information content (AvgIpc) is 2.86. The first-order valence-electron chi connectivity index (χ1n) is 10.4. The van der Waals surface area contributed by atoms with Gasteiger partial charge in [-0.05, 0) is 42.8 Å². The summed E-state index contributed by atoms with van der Waals surface area (Å²) in [6.45, 7) is 1.47. The molecule has 4 rings (SSSR count). The second-order valence-electron chi connectivity index (χ2n) is 7.88. The molecule has 0 aliphatic carbocycles. The molecule has 2 N–H and O–H groups in total. The van der Waals surface area contributed by atoms with Gasteiger partial charge in [0, 0.05) is 24.0 Å². The molecule has 2 aromatic carbocycles. The number of carbonyl (C=O) groups is 1. The van der Waals surface area contributed by atoms with Gasteiger partial charge in [0.25, 0.3) is 15.9 Å². The van der Waals surface area contributed by atoms with E-state index in [2.05, 4.69) is 9.97 Å². The number of benzene rings is 2. The average molecular weight is 517 g/mol. The maximum atomic E-state index is 13.9. The van der Waals surface area contributed by atoms with Gasteiger partial charge in [-0.25, -0.2) is 13.9 Å². The highest BCUT2D eigenvalue weighted by Crippen LogP contribution is 2.38. The molecular weight excluding hydrogens is 497 g/mol. The zero-order valence-electron chi connectivity index (χ0n) is 18.7. The number of aryl methyl sites for hydroxylation is 1. The fraction of sp³-hybridized carbons (Fsp3) is 0.125. The first kappa shape index (κ1) is 25.1. The maximum Gasteiger partial charge on any atom is 0.416 e. The molecule has 36 heavy (non-hydrogen) atoms. The molecule has 1 amide bonds. The summed E-state index contributed by atoms with van der Waals surface area (Å²) < 4.78 is 68.7. The van der Waals surface area contributed by atoms with E-state index in [1.54, 1.807) is 31.2 Å². The van der Waals surface area contributed by atoms with Crippen LogP contribution in [0, 0.1) is 6.92 Å². The number of amides is 1. The molecule has 0 aliphatic heterocycles. The molecule has 0 saturated carbocycles. The normalized spacial score (nSPS) is 11.9. The maximum absolute atomic E-state index is 13.9. The molecule has 0 fully saturated rings. The lowest BCUT2D eigenvalue weighted by Crippen LogP contribution is -2.33. The van der Waals surface area contributed by atoms with Gasteiger partial charge in [-0.3, -0.25) is 24.3 Å². The first-order valence-corrected chi connectivity index (χ1v) is 11.9. The molecule has 0 atom stereocenters. The van der Waals surface area contributed by atoms with Crippen molar-refractivity contribution in [1.82, 2.24) is 15.4 Å². The van der Waals surface area contributed by atoms with Crippen molar-refractivity contribution in [3.05, 3.63) is 95.4 Å². The summed E-state index contributed by atoms with van der Waals surface area (Å²) in [5.74, 6) is -1.09. The van der Waals surface area contributed by atoms with Crippen molar-refractivity contribution in [2.45, 2.75) is 24.5 Å². The van der Waals surface area contributed by atoms with Gasteiger partial charge in [0.05, 0.1) is 33.8 Å². The van der Waals surface area contributed by atoms with Crippen molar-refractivity contribution >= 4 is 32.5 Å². The lowest BCUT2D eigenvalue weighted by Gasteiger charge is -2.27. The molecule has 0 radical (unpaired) electrons. The highest BCUT2D eigenvalue weighted by molar-refractivity contribution is 7.92. The van der Waals surface area contributed by atoms with Crippen LogP contribution in [0.3, 0.4) is 0 Å². The predicted octanol–water partition coefficient (Wildman–Crippen LogP) is 4.47. The molecule has 0 spiro atoms. The van der Waals surface area contributed by atoms with Crippen molar-refractivity contribution < 1.29 is 31.6 Å². The summed E-state index contributed by atoms with van der Waals surface area (Å²) in [6.07, 6.45) is -0.827. The lowest BCUT2D eigenvalue weighted by molar-refractivity contribution is -0.137. The molecule has 2 aromatic heterocycles. The highest BCUT2D eigenvalue weighted by atomic mass is 32.2. The van der Waals surface area contributed by atoms with Crippen LogP contribution in [0.25, 0.3) is 10.9 Å². The number of hydrogen-bond donors (Lipinski definition) is 2. The minimum atomic E-state index is -4.67. The summed E-state index contributed by atoms with van der Waals surface area (Å²) in [4.78, 5) is 20.4. The summed E-state index contributed by atoms with van der Waals surface area (Å²) in [6, 6.07) is 11.8. The Morgan fingerprint density at radius 2 is 1.81 bits per heavy atom. The van der Waals surface area contributed by atoms with Crippen molar-refractivity contribution in [3.63, 3.8) is 0 Å². The number of carbonyl (C=O) groups excluding carboxylic acids is 1. The van der Waals surface area contributed by atoms with Crippen LogP contribution in [-0.4, -0.2) is 29.5 Å². The number of nitrogens with zero attached hydrogens (tertiary/aromatic N) is 3. The zero-order valence-corrected chi connectivity index (χ0v) is 19.5. The number of hydrogen-bond acceptors (Lipinski definition) is 6. The second-order valence-corrected chi connectivity index (χ2v) is 9.74. The third-order valence-electron chi connectivity index (χ3n) is 5.42. The van der Waals surface area contributed by atoms with Gasteiger partial charge >= 0.3 is 6.18 Å². The first-order chi connectivity index (χ1) is 17.0.